The number of fused-ring (bicyclic) bond motifs is 1. The smallest absolute Gasteiger partial charge is 0.157 e. The van der Waals surface area contributed by atoms with E-state index in [4.69, 9.17) is 0 Å². The predicted molar refractivity (Wildman–Crippen MR) is 75.9 cm³/mol. The maximum absolute atomic E-state index is 4.49. The second-order valence-corrected chi connectivity index (χ2v) is 4.84. The molecule has 0 radical (unpaired) electrons. The van der Waals surface area contributed by atoms with Gasteiger partial charge < -0.3 is 5.32 Å². The van der Waals surface area contributed by atoms with Gasteiger partial charge in [0.05, 0.1) is 17.6 Å². The highest BCUT2D eigenvalue weighted by atomic mass is 15.3. The van der Waals surface area contributed by atoms with Crippen LogP contribution in [0.1, 0.15) is 38.8 Å². The predicted octanol–water partition coefficient (Wildman–Crippen LogP) is 3.27. The standard InChI is InChI=1S/C14H22N4/c1-5-7-11(6-2)16-12-8-13-10(3)17-18(4)14(13)15-9-12/h8-9,11,16H,5-7H2,1-4H3. The van der Waals surface area contributed by atoms with Gasteiger partial charge in [0.25, 0.3) is 0 Å². The van der Waals surface area contributed by atoms with Crippen LogP contribution in [-0.4, -0.2) is 20.8 Å². The molecular formula is C14H22N4. The van der Waals surface area contributed by atoms with E-state index in [0.717, 1.165) is 28.8 Å². The molecule has 18 heavy (non-hydrogen) atoms. The van der Waals surface area contributed by atoms with Gasteiger partial charge in [-0.05, 0) is 25.8 Å². The van der Waals surface area contributed by atoms with E-state index in [0.29, 0.717) is 6.04 Å². The van der Waals surface area contributed by atoms with E-state index in [9.17, 15) is 0 Å². The van der Waals surface area contributed by atoms with Crippen LogP contribution in [0.25, 0.3) is 11.0 Å². The van der Waals surface area contributed by atoms with Gasteiger partial charge in [-0.15, -0.1) is 0 Å². The van der Waals surface area contributed by atoms with Crippen molar-refractivity contribution in [3.63, 3.8) is 0 Å². The highest BCUT2D eigenvalue weighted by molar-refractivity contribution is 5.81. The third-order valence-corrected chi connectivity index (χ3v) is 3.36. The number of nitrogens with one attached hydrogen (secondary N) is 1. The Bertz CT molecular complexity index is 530. The van der Waals surface area contributed by atoms with E-state index in [1.165, 1.54) is 12.8 Å². The summed E-state index contributed by atoms with van der Waals surface area (Å²) in [5.41, 5.74) is 3.08. The number of hydrogen-bond acceptors (Lipinski definition) is 3. The summed E-state index contributed by atoms with van der Waals surface area (Å²) in [4.78, 5) is 4.49. The molecule has 2 rings (SSSR count). The Morgan fingerprint density at radius 2 is 2.17 bits per heavy atom. The maximum Gasteiger partial charge on any atom is 0.157 e. The molecule has 2 aromatic rings. The van der Waals surface area contributed by atoms with Crippen molar-refractivity contribution >= 4 is 16.7 Å². The van der Waals surface area contributed by atoms with Crippen molar-refractivity contribution in [2.45, 2.75) is 46.1 Å². The van der Waals surface area contributed by atoms with Gasteiger partial charge in [0.1, 0.15) is 0 Å². The summed E-state index contributed by atoms with van der Waals surface area (Å²) < 4.78 is 1.83. The van der Waals surface area contributed by atoms with Crippen molar-refractivity contribution in [3.8, 4) is 0 Å². The maximum atomic E-state index is 4.49. The number of hydrogen-bond donors (Lipinski definition) is 1. The number of aryl methyl sites for hydroxylation is 2. The lowest BCUT2D eigenvalue weighted by molar-refractivity contribution is 0.622. The number of nitrogens with zero attached hydrogens (tertiary/aromatic N) is 3. The van der Waals surface area contributed by atoms with Gasteiger partial charge in [-0.2, -0.15) is 5.10 Å². The Balaban J connectivity index is 2.26. The molecule has 0 saturated carbocycles. The Hall–Kier alpha value is -1.58. The van der Waals surface area contributed by atoms with Crippen molar-refractivity contribution in [2.75, 3.05) is 5.32 Å². The van der Waals surface area contributed by atoms with Crippen LogP contribution in [0.4, 0.5) is 5.69 Å². The fourth-order valence-corrected chi connectivity index (χ4v) is 2.35. The van der Waals surface area contributed by atoms with Gasteiger partial charge in [-0.1, -0.05) is 20.3 Å². The van der Waals surface area contributed by atoms with Crippen LogP contribution in [-0.2, 0) is 7.05 Å². The molecule has 1 unspecified atom stereocenters. The zero-order valence-corrected chi connectivity index (χ0v) is 11.7. The number of pyridine rings is 1. The van der Waals surface area contributed by atoms with Gasteiger partial charge in [0.15, 0.2) is 5.65 Å². The number of anilines is 1. The molecule has 2 heterocycles. The van der Waals surface area contributed by atoms with Gasteiger partial charge in [-0.25, -0.2) is 4.98 Å². The van der Waals surface area contributed by atoms with E-state index >= 15 is 0 Å². The first-order valence-corrected chi connectivity index (χ1v) is 6.71. The SMILES string of the molecule is CCCC(CC)Nc1cnc2c(c1)c(C)nn2C. The third-order valence-electron chi connectivity index (χ3n) is 3.36. The summed E-state index contributed by atoms with van der Waals surface area (Å²) >= 11 is 0. The molecule has 0 spiro atoms. The zero-order valence-electron chi connectivity index (χ0n) is 11.7. The minimum absolute atomic E-state index is 0.534. The van der Waals surface area contributed by atoms with Crippen molar-refractivity contribution in [3.05, 3.63) is 18.0 Å². The minimum Gasteiger partial charge on any atom is -0.381 e. The molecular weight excluding hydrogens is 224 g/mol. The van der Waals surface area contributed by atoms with Crippen molar-refractivity contribution in [1.82, 2.24) is 14.8 Å². The molecule has 4 heteroatoms. The first-order valence-electron chi connectivity index (χ1n) is 6.71. The summed E-state index contributed by atoms with van der Waals surface area (Å²) in [7, 11) is 1.93. The molecule has 98 valence electrons. The molecule has 0 bridgehead atoms. The Labute approximate surface area is 108 Å². The van der Waals surface area contributed by atoms with Crippen LogP contribution >= 0.6 is 0 Å². The van der Waals surface area contributed by atoms with Gasteiger partial charge in [-0.3, -0.25) is 4.68 Å². The zero-order chi connectivity index (χ0) is 13.1. The van der Waals surface area contributed by atoms with Gasteiger partial charge in [0.2, 0.25) is 0 Å². The largest absolute Gasteiger partial charge is 0.381 e. The summed E-state index contributed by atoms with van der Waals surface area (Å²) in [5.74, 6) is 0. The average molecular weight is 246 g/mol. The molecule has 0 fully saturated rings. The Kier molecular flexibility index (Phi) is 3.84. The lowest BCUT2D eigenvalue weighted by Gasteiger charge is -2.17. The average Bonchev–Trinajstić information content (AvgIpc) is 2.64. The summed E-state index contributed by atoms with van der Waals surface area (Å²) in [5, 5.41) is 9.09. The molecule has 0 saturated heterocycles. The molecule has 0 aromatic carbocycles. The lowest BCUT2D eigenvalue weighted by Crippen LogP contribution is -2.17. The van der Waals surface area contributed by atoms with Gasteiger partial charge >= 0.3 is 0 Å². The summed E-state index contributed by atoms with van der Waals surface area (Å²) in [6.45, 7) is 6.46. The van der Waals surface area contributed by atoms with Crippen LogP contribution < -0.4 is 5.32 Å². The van der Waals surface area contributed by atoms with Gasteiger partial charge in [0, 0.05) is 18.5 Å². The second kappa shape index (κ2) is 5.38. The van der Waals surface area contributed by atoms with E-state index in [1.807, 2.05) is 24.9 Å². The molecule has 1 atom stereocenters. The molecule has 2 aromatic heterocycles. The van der Waals surface area contributed by atoms with Crippen molar-refractivity contribution in [1.29, 1.82) is 0 Å². The monoisotopic (exact) mass is 246 g/mol. The van der Waals surface area contributed by atoms with Crippen LogP contribution in [0.2, 0.25) is 0 Å². The number of aromatic nitrogens is 3. The fraction of sp³-hybridized carbons (Fsp3) is 0.571. The summed E-state index contributed by atoms with van der Waals surface area (Å²) in [6.07, 6.45) is 5.44. The van der Waals surface area contributed by atoms with Crippen LogP contribution in [0.5, 0.6) is 0 Å². The first-order chi connectivity index (χ1) is 8.65. The first kappa shape index (κ1) is 12.9. The van der Waals surface area contributed by atoms with E-state index < -0.39 is 0 Å². The van der Waals surface area contributed by atoms with E-state index in [2.05, 4.69) is 35.3 Å². The number of rotatable bonds is 5. The minimum atomic E-state index is 0.534. The molecule has 0 aliphatic heterocycles. The van der Waals surface area contributed by atoms with Crippen LogP contribution in [0.15, 0.2) is 12.3 Å². The highest BCUT2D eigenvalue weighted by Gasteiger charge is 2.09. The fourth-order valence-electron chi connectivity index (χ4n) is 2.35. The van der Waals surface area contributed by atoms with E-state index in [1.54, 1.807) is 0 Å². The molecule has 4 nitrogen and oxygen atoms in total. The van der Waals surface area contributed by atoms with Crippen molar-refractivity contribution in [2.24, 2.45) is 7.05 Å². The second-order valence-electron chi connectivity index (χ2n) is 4.84. The topological polar surface area (TPSA) is 42.7 Å². The van der Waals surface area contributed by atoms with Crippen LogP contribution in [0, 0.1) is 6.92 Å². The van der Waals surface area contributed by atoms with Crippen LogP contribution in [0.3, 0.4) is 0 Å². The van der Waals surface area contributed by atoms with Crippen molar-refractivity contribution < 1.29 is 0 Å². The Morgan fingerprint density at radius 1 is 1.39 bits per heavy atom. The molecule has 0 aliphatic carbocycles. The molecule has 0 amide bonds. The Morgan fingerprint density at radius 3 is 2.83 bits per heavy atom. The quantitative estimate of drug-likeness (QED) is 0.880. The lowest BCUT2D eigenvalue weighted by atomic mass is 10.1. The van der Waals surface area contributed by atoms with E-state index in [-0.39, 0.29) is 0 Å². The normalized spacial score (nSPS) is 12.9. The molecule has 0 aliphatic rings. The third kappa shape index (κ3) is 2.47. The summed E-state index contributed by atoms with van der Waals surface area (Å²) in [6, 6.07) is 2.69. The molecule has 1 N–H and O–H groups in total. The highest BCUT2D eigenvalue weighted by Crippen LogP contribution is 2.20.